The van der Waals surface area contributed by atoms with Crippen molar-refractivity contribution in [2.75, 3.05) is 5.75 Å². The van der Waals surface area contributed by atoms with Gasteiger partial charge in [0.05, 0.1) is 24.5 Å². The number of aliphatic hydroxyl groups excluding tert-OH is 1. The first-order valence-corrected chi connectivity index (χ1v) is 15.6. The van der Waals surface area contributed by atoms with Gasteiger partial charge in [-0.3, -0.25) is 4.79 Å². The summed E-state index contributed by atoms with van der Waals surface area (Å²) >= 11 is 1.49. The minimum absolute atomic E-state index is 0.0225. The van der Waals surface area contributed by atoms with Gasteiger partial charge in [-0.1, -0.05) is 72.4 Å². The van der Waals surface area contributed by atoms with Gasteiger partial charge in [0.15, 0.2) is 6.29 Å². The van der Waals surface area contributed by atoms with Gasteiger partial charge in [0, 0.05) is 31.2 Å². The number of tetrazole rings is 1. The highest BCUT2D eigenvalue weighted by molar-refractivity contribution is 7.99. The van der Waals surface area contributed by atoms with Crippen LogP contribution in [0.3, 0.4) is 0 Å². The monoisotopic (exact) mass is 623 g/mol. The van der Waals surface area contributed by atoms with Crippen LogP contribution in [0, 0.1) is 0 Å². The summed E-state index contributed by atoms with van der Waals surface area (Å²) in [6.45, 7) is 1.95. The summed E-state index contributed by atoms with van der Waals surface area (Å²) in [5.74, 6) is 0.677. The highest BCUT2D eigenvalue weighted by Crippen LogP contribution is 2.40. The summed E-state index contributed by atoms with van der Waals surface area (Å²) in [6, 6.07) is 30.7. The SMILES string of the molecule is CC(=O)NCc1cccc(-c2cccc([C@H]3O[C@@H](CSc4nnnn4-c4ccc(O)cc4)C[C@@H](c4ccc(CO)cc4)O3)c2)c1. The van der Waals surface area contributed by atoms with Crippen molar-refractivity contribution in [1.29, 1.82) is 0 Å². The molecule has 0 spiro atoms. The number of ether oxygens (including phenoxy) is 2. The maximum absolute atomic E-state index is 11.4. The summed E-state index contributed by atoms with van der Waals surface area (Å²) in [4.78, 5) is 11.4. The van der Waals surface area contributed by atoms with E-state index in [4.69, 9.17) is 9.47 Å². The predicted octanol–water partition coefficient (Wildman–Crippen LogP) is 5.50. The number of rotatable bonds is 10. The molecule has 0 saturated carbocycles. The topological polar surface area (TPSA) is 132 Å². The summed E-state index contributed by atoms with van der Waals surface area (Å²) in [6.07, 6.45) is -0.429. The number of benzene rings is 4. The molecule has 1 aromatic heterocycles. The van der Waals surface area contributed by atoms with E-state index < -0.39 is 6.29 Å². The molecule has 1 amide bonds. The fraction of sp³-hybridized carbons (Fsp3) is 0.235. The van der Waals surface area contributed by atoms with Crippen molar-refractivity contribution >= 4 is 17.7 Å². The standard InChI is InChI=1S/C34H33N5O5S/c1-22(41)35-19-24-4-2-5-26(16-24)27-6-3-7-28(17-27)33-43-31(18-32(44-33)25-10-8-23(20-40)9-11-25)21-45-34-36-37-38-39(34)29-12-14-30(42)15-13-29/h2-17,31-33,40,42H,18-21H2,1H3,(H,35,41)/t31-,32+,33+/m1/s1. The van der Waals surface area contributed by atoms with Crippen molar-refractivity contribution < 1.29 is 24.5 Å². The van der Waals surface area contributed by atoms with Gasteiger partial charge in [-0.2, -0.15) is 4.68 Å². The minimum atomic E-state index is -0.623. The van der Waals surface area contributed by atoms with Crippen LogP contribution in [0.2, 0.25) is 0 Å². The van der Waals surface area contributed by atoms with Crippen LogP contribution in [0.25, 0.3) is 16.8 Å². The Labute approximate surface area is 265 Å². The third-order valence-electron chi connectivity index (χ3n) is 7.51. The van der Waals surface area contributed by atoms with Gasteiger partial charge in [-0.25, -0.2) is 0 Å². The number of aromatic hydroxyl groups is 1. The van der Waals surface area contributed by atoms with E-state index in [-0.39, 0.29) is 30.5 Å². The number of phenols is 1. The molecule has 10 nitrogen and oxygen atoms in total. The Morgan fingerprint density at radius 3 is 2.44 bits per heavy atom. The average Bonchev–Trinajstić information content (AvgIpc) is 3.55. The number of amides is 1. The molecule has 4 aromatic carbocycles. The van der Waals surface area contributed by atoms with E-state index >= 15 is 0 Å². The number of aromatic nitrogens is 4. The zero-order valence-corrected chi connectivity index (χ0v) is 25.4. The number of aliphatic hydroxyl groups is 1. The van der Waals surface area contributed by atoms with Crippen LogP contribution in [0.5, 0.6) is 5.75 Å². The zero-order valence-electron chi connectivity index (χ0n) is 24.6. The van der Waals surface area contributed by atoms with Crippen molar-refractivity contribution in [1.82, 2.24) is 25.5 Å². The number of hydrogen-bond donors (Lipinski definition) is 3. The highest BCUT2D eigenvalue weighted by Gasteiger charge is 2.33. The number of carbonyl (C=O) groups is 1. The maximum atomic E-state index is 11.4. The molecule has 3 atom stereocenters. The van der Waals surface area contributed by atoms with Crippen LogP contribution < -0.4 is 5.32 Å². The number of hydrogen-bond acceptors (Lipinski definition) is 9. The van der Waals surface area contributed by atoms with Gasteiger partial charge >= 0.3 is 0 Å². The Balaban J connectivity index is 1.24. The molecule has 0 aliphatic carbocycles. The van der Waals surface area contributed by atoms with Crippen molar-refractivity contribution in [2.24, 2.45) is 0 Å². The van der Waals surface area contributed by atoms with E-state index in [1.165, 1.54) is 18.7 Å². The maximum Gasteiger partial charge on any atom is 0.217 e. The Morgan fingerprint density at radius 1 is 0.933 bits per heavy atom. The van der Waals surface area contributed by atoms with Gasteiger partial charge in [0.25, 0.3) is 0 Å². The fourth-order valence-corrected chi connectivity index (χ4v) is 6.08. The van der Waals surface area contributed by atoms with Gasteiger partial charge in [0.2, 0.25) is 11.1 Å². The molecule has 45 heavy (non-hydrogen) atoms. The van der Waals surface area contributed by atoms with Gasteiger partial charge in [-0.15, -0.1) is 5.10 Å². The molecular formula is C34H33N5O5S. The van der Waals surface area contributed by atoms with Crippen LogP contribution >= 0.6 is 11.8 Å². The van der Waals surface area contributed by atoms with E-state index in [0.29, 0.717) is 23.9 Å². The third kappa shape index (κ3) is 7.58. The molecule has 5 aromatic rings. The first-order valence-electron chi connectivity index (χ1n) is 14.6. The number of phenolic OH excluding ortho intramolecular Hbond substituents is 1. The van der Waals surface area contributed by atoms with Crippen LogP contribution in [0.1, 0.15) is 48.0 Å². The molecule has 1 aliphatic heterocycles. The second-order valence-electron chi connectivity index (χ2n) is 10.8. The van der Waals surface area contributed by atoms with Crippen molar-refractivity contribution in [2.45, 2.75) is 50.2 Å². The number of carbonyl (C=O) groups excluding carboxylic acids is 1. The lowest BCUT2D eigenvalue weighted by atomic mass is 9.99. The summed E-state index contributed by atoms with van der Waals surface area (Å²) in [7, 11) is 0. The van der Waals surface area contributed by atoms with Gasteiger partial charge < -0.3 is 25.0 Å². The molecule has 11 heteroatoms. The molecule has 2 heterocycles. The van der Waals surface area contributed by atoms with Gasteiger partial charge in [0.1, 0.15) is 5.75 Å². The Morgan fingerprint density at radius 2 is 1.69 bits per heavy atom. The van der Waals surface area contributed by atoms with Crippen molar-refractivity contribution in [3.05, 3.63) is 119 Å². The van der Waals surface area contributed by atoms with Crippen LogP contribution in [-0.2, 0) is 27.4 Å². The first-order chi connectivity index (χ1) is 21.9. The van der Waals surface area contributed by atoms with Gasteiger partial charge in [-0.05, 0) is 74.6 Å². The molecule has 0 bridgehead atoms. The molecule has 1 fully saturated rings. The predicted molar refractivity (Wildman–Crippen MR) is 169 cm³/mol. The van der Waals surface area contributed by atoms with E-state index in [9.17, 15) is 15.0 Å². The molecule has 0 radical (unpaired) electrons. The molecular weight excluding hydrogens is 590 g/mol. The van der Waals surface area contributed by atoms with E-state index in [1.54, 1.807) is 28.9 Å². The third-order valence-corrected chi connectivity index (χ3v) is 8.56. The van der Waals surface area contributed by atoms with E-state index in [0.717, 1.165) is 39.1 Å². The Kier molecular flexibility index (Phi) is 9.51. The molecule has 3 N–H and O–H groups in total. The molecule has 1 saturated heterocycles. The lowest BCUT2D eigenvalue weighted by molar-refractivity contribution is -0.245. The second-order valence-corrected chi connectivity index (χ2v) is 11.8. The molecule has 230 valence electrons. The molecule has 6 rings (SSSR count). The highest BCUT2D eigenvalue weighted by atomic mass is 32.2. The van der Waals surface area contributed by atoms with Crippen molar-refractivity contribution in [3.8, 4) is 22.6 Å². The van der Waals surface area contributed by atoms with E-state index in [1.807, 2.05) is 60.7 Å². The zero-order chi connectivity index (χ0) is 31.2. The molecule has 0 unspecified atom stereocenters. The molecule has 1 aliphatic rings. The number of nitrogens with one attached hydrogen (secondary N) is 1. The average molecular weight is 624 g/mol. The fourth-order valence-electron chi connectivity index (χ4n) is 5.17. The Hall–Kier alpha value is -4.55. The minimum Gasteiger partial charge on any atom is -0.508 e. The van der Waals surface area contributed by atoms with Crippen LogP contribution in [-0.4, -0.2) is 48.2 Å². The normalized spacial score (nSPS) is 18.0. The summed E-state index contributed by atoms with van der Waals surface area (Å²) in [5, 5.41) is 34.9. The Bertz CT molecular complexity index is 1740. The number of thioether (sulfide) groups is 1. The summed E-state index contributed by atoms with van der Waals surface area (Å²) in [5.41, 5.74) is 6.52. The number of nitrogens with zero attached hydrogens (tertiary/aromatic N) is 4. The van der Waals surface area contributed by atoms with Crippen LogP contribution in [0.4, 0.5) is 0 Å². The largest absolute Gasteiger partial charge is 0.508 e. The second kappa shape index (κ2) is 14.0. The summed E-state index contributed by atoms with van der Waals surface area (Å²) < 4.78 is 14.8. The smallest absolute Gasteiger partial charge is 0.217 e. The lowest BCUT2D eigenvalue weighted by Crippen LogP contribution is -2.31. The van der Waals surface area contributed by atoms with Crippen molar-refractivity contribution in [3.63, 3.8) is 0 Å². The van der Waals surface area contributed by atoms with Crippen LogP contribution in [0.15, 0.2) is 102 Å². The van der Waals surface area contributed by atoms with E-state index in [2.05, 4.69) is 33.0 Å². The first kappa shape index (κ1) is 30.5. The lowest BCUT2D eigenvalue weighted by Gasteiger charge is -2.36. The quantitative estimate of drug-likeness (QED) is 0.173.